The lowest BCUT2D eigenvalue weighted by molar-refractivity contribution is 0.671. The number of hydrogen-bond donors (Lipinski definition) is 0. The summed E-state index contributed by atoms with van der Waals surface area (Å²) in [6, 6.07) is 0. The van der Waals surface area contributed by atoms with Crippen molar-refractivity contribution >= 4 is 27.8 Å². The number of rotatable bonds is 1. The molecule has 0 bridgehead atoms. The fourth-order valence-electron chi connectivity index (χ4n) is 1.76. The monoisotopic (exact) mass is 249 g/mol. The first-order chi connectivity index (χ1) is 8.33. The van der Waals surface area contributed by atoms with E-state index >= 15 is 0 Å². The van der Waals surface area contributed by atoms with Crippen molar-refractivity contribution < 1.29 is 4.21 Å². The average molecular weight is 249 g/mol. The summed E-state index contributed by atoms with van der Waals surface area (Å²) in [5.74, 6) is 2.04. The van der Waals surface area contributed by atoms with E-state index in [9.17, 15) is 4.21 Å². The summed E-state index contributed by atoms with van der Waals surface area (Å²) in [6.07, 6.45) is 4.86. The molecule has 17 heavy (non-hydrogen) atoms. The molecule has 3 rings (SSSR count). The normalized spacial score (nSPS) is 17.5. The van der Waals surface area contributed by atoms with Crippen molar-refractivity contribution in [3.63, 3.8) is 0 Å². The first-order valence-corrected chi connectivity index (χ1v) is 6.84. The third kappa shape index (κ3) is 2.10. The third-order valence-corrected chi connectivity index (χ3v) is 3.98. The fourth-order valence-corrected chi connectivity index (χ4v) is 2.82. The van der Waals surface area contributed by atoms with Gasteiger partial charge in [-0.2, -0.15) is 0 Å². The highest BCUT2D eigenvalue weighted by atomic mass is 32.2. The Morgan fingerprint density at radius 1 is 1.12 bits per heavy atom. The largest absolute Gasteiger partial charge is 0.339 e. The number of hydrogen-bond acceptors (Lipinski definition) is 6. The minimum Gasteiger partial charge on any atom is -0.339 e. The summed E-state index contributed by atoms with van der Waals surface area (Å²) in [4.78, 5) is 18.8. The Bertz CT molecular complexity index is 565. The van der Waals surface area contributed by atoms with Crippen LogP contribution in [0.4, 0.5) is 5.95 Å². The van der Waals surface area contributed by atoms with Gasteiger partial charge in [0.1, 0.15) is 17.4 Å². The Morgan fingerprint density at radius 2 is 1.94 bits per heavy atom. The Hall–Kier alpha value is -1.63. The van der Waals surface area contributed by atoms with Gasteiger partial charge >= 0.3 is 0 Å². The molecule has 1 aliphatic heterocycles. The zero-order valence-electron chi connectivity index (χ0n) is 9.11. The van der Waals surface area contributed by atoms with E-state index in [0.717, 1.165) is 24.1 Å². The molecule has 2 aromatic rings. The summed E-state index contributed by atoms with van der Waals surface area (Å²) >= 11 is 0. The van der Waals surface area contributed by atoms with E-state index in [1.807, 2.05) is 4.90 Å². The van der Waals surface area contributed by atoms with Crippen molar-refractivity contribution in [1.82, 2.24) is 19.9 Å². The van der Waals surface area contributed by atoms with E-state index < -0.39 is 10.8 Å². The third-order valence-electron chi connectivity index (χ3n) is 2.71. The molecular weight excluding hydrogens is 238 g/mol. The van der Waals surface area contributed by atoms with Crippen LogP contribution >= 0.6 is 0 Å². The molecule has 0 radical (unpaired) electrons. The highest BCUT2D eigenvalue weighted by Crippen LogP contribution is 2.13. The minimum atomic E-state index is -0.684. The molecule has 0 aromatic carbocycles. The van der Waals surface area contributed by atoms with Gasteiger partial charge < -0.3 is 4.90 Å². The molecule has 88 valence electrons. The highest BCUT2D eigenvalue weighted by Gasteiger charge is 2.17. The van der Waals surface area contributed by atoms with Gasteiger partial charge in [0.2, 0.25) is 5.95 Å². The summed E-state index contributed by atoms with van der Waals surface area (Å²) < 4.78 is 11.3. The van der Waals surface area contributed by atoms with Gasteiger partial charge in [0.25, 0.3) is 0 Å². The lowest BCUT2D eigenvalue weighted by atomic mass is 10.4. The molecule has 0 atom stereocenters. The van der Waals surface area contributed by atoms with Crippen LogP contribution in [0.25, 0.3) is 11.0 Å². The summed E-state index contributed by atoms with van der Waals surface area (Å²) in [6.45, 7) is 1.48. The summed E-state index contributed by atoms with van der Waals surface area (Å²) in [5, 5.41) is 0. The predicted octanol–water partition coefficient (Wildman–Crippen LogP) is -0.0115. The summed E-state index contributed by atoms with van der Waals surface area (Å²) in [7, 11) is -0.684. The molecule has 0 unspecified atom stereocenters. The fraction of sp³-hybridized carbons (Fsp3) is 0.400. The van der Waals surface area contributed by atoms with Gasteiger partial charge in [-0.05, 0) is 0 Å². The lowest BCUT2D eigenvalue weighted by Gasteiger charge is -2.26. The zero-order chi connectivity index (χ0) is 11.7. The van der Waals surface area contributed by atoms with Gasteiger partial charge in [0, 0.05) is 35.4 Å². The lowest BCUT2D eigenvalue weighted by Crippen LogP contribution is -2.38. The Balaban J connectivity index is 1.92. The van der Waals surface area contributed by atoms with E-state index in [2.05, 4.69) is 19.9 Å². The second-order valence-electron chi connectivity index (χ2n) is 3.80. The predicted molar refractivity (Wildman–Crippen MR) is 65.2 cm³/mol. The first-order valence-electron chi connectivity index (χ1n) is 5.35. The van der Waals surface area contributed by atoms with Crippen LogP contribution in [0.5, 0.6) is 0 Å². The Morgan fingerprint density at radius 3 is 2.76 bits per heavy atom. The highest BCUT2D eigenvalue weighted by molar-refractivity contribution is 7.85. The molecule has 0 amide bonds. The van der Waals surface area contributed by atoms with Crippen molar-refractivity contribution in [3.05, 3.63) is 18.7 Å². The number of aromatic nitrogens is 4. The Kier molecular flexibility index (Phi) is 2.68. The molecule has 7 heteroatoms. The standard InChI is InChI=1S/C10H11N5OS/c16-17-3-1-15(2-4-17)10-12-6-8-9(14-10)5-11-7-13-8/h5-7H,1-4H2. The van der Waals surface area contributed by atoms with Crippen LogP contribution in [0.1, 0.15) is 0 Å². The number of nitrogens with zero attached hydrogens (tertiary/aromatic N) is 5. The molecule has 1 fully saturated rings. The van der Waals surface area contributed by atoms with Crippen LogP contribution in [0.3, 0.4) is 0 Å². The van der Waals surface area contributed by atoms with Crippen molar-refractivity contribution in [1.29, 1.82) is 0 Å². The van der Waals surface area contributed by atoms with Gasteiger partial charge in [-0.3, -0.25) is 4.21 Å². The Labute approximate surface area is 101 Å². The van der Waals surface area contributed by atoms with E-state index in [1.54, 1.807) is 12.4 Å². The maximum Gasteiger partial charge on any atom is 0.226 e. The number of fused-ring (bicyclic) bond motifs is 1. The molecule has 0 aliphatic carbocycles. The maximum atomic E-state index is 11.3. The van der Waals surface area contributed by atoms with Crippen LogP contribution in [0.2, 0.25) is 0 Å². The summed E-state index contributed by atoms with van der Waals surface area (Å²) in [5.41, 5.74) is 1.48. The van der Waals surface area contributed by atoms with Gasteiger partial charge in [-0.1, -0.05) is 0 Å². The molecule has 3 heterocycles. The molecule has 2 aromatic heterocycles. The van der Waals surface area contributed by atoms with E-state index in [0.29, 0.717) is 17.5 Å². The molecule has 1 saturated heterocycles. The SMILES string of the molecule is O=S1CCN(c2ncc3ncncc3n2)CC1. The number of anilines is 1. The second kappa shape index (κ2) is 4.33. The quantitative estimate of drug-likeness (QED) is 0.708. The molecule has 6 nitrogen and oxygen atoms in total. The molecule has 0 spiro atoms. The van der Waals surface area contributed by atoms with Crippen LogP contribution in [0, 0.1) is 0 Å². The minimum absolute atomic E-state index is 0.670. The van der Waals surface area contributed by atoms with E-state index in [-0.39, 0.29) is 0 Å². The van der Waals surface area contributed by atoms with Crippen molar-refractivity contribution in [2.45, 2.75) is 0 Å². The van der Waals surface area contributed by atoms with Crippen LogP contribution in [-0.2, 0) is 10.8 Å². The van der Waals surface area contributed by atoms with Gasteiger partial charge in [0.15, 0.2) is 0 Å². The van der Waals surface area contributed by atoms with Gasteiger partial charge in [-0.25, -0.2) is 19.9 Å². The molecule has 0 N–H and O–H groups in total. The van der Waals surface area contributed by atoms with Crippen LogP contribution in [0.15, 0.2) is 18.7 Å². The topological polar surface area (TPSA) is 71.9 Å². The molecule has 1 aliphatic rings. The zero-order valence-corrected chi connectivity index (χ0v) is 9.93. The maximum absolute atomic E-state index is 11.3. The smallest absolute Gasteiger partial charge is 0.226 e. The van der Waals surface area contributed by atoms with Crippen molar-refractivity contribution in [3.8, 4) is 0 Å². The molecular formula is C10H11N5OS. The van der Waals surface area contributed by atoms with Gasteiger partial charge in [-0.15, -0.1) is 0 Å². The van der Waals surface area contributed by atoms with Crippen molar-refractivity contribution in [2.24, 2.45) is 0 Å². The van der Waals surface area contributed by atoms with E-state index in [4.69, 9.17) is 0 Å². The van der Waals surface area contributed by atoms with Crippen LogP contribution in [-0.4, -0.2) is 48.7 Å². The first kappa shape index (κ1) is 10.5. The average Bonchev–Trinajstić information content (AvgIpc) is 2.39. The molecule has 0 saturated carbocycles. The van der Waals surface area contributed by atoms with E-state index in [1.165, 1.54) is 6.33 Å². The second-order valence-corrected chi connectivity index (χ2v) is 5.49. The van der Waals surface area contributed by atoms with Gasteiger partial charge in [0.05, 0.1) is 12.4 Å². The van der Waals surface area contributed by atoms with Crippen LogP contribution < -0.4 is 4.90 Å². The van der Waals surface area contributed by atoms with Crippen molar-refractivity contribution in [2.75, 3.05) is 29.5 Å².